The van der Waals surface area contributed by atoms with Crippen LogP contribution in [0.4, 0.5) is 26.3 Å². The van der Waals surface area contributed by atoms with E-state index in [1.54, 1.807) is 6.07 Å². The normalized spacial score (nSPS) is 17.4. The Labute approximate surface area is 220 Å². The van der Waals surface area contributed by atoms with Crippen molar-refractivity contribution in [2.45, 2.75) is 25.4 Å². The lowest BCUT2D eigenvalue weighted by atomic mass is 10.2. The molecule has 0 saturated carbocycles. The topological polar surface area (TPSA) is 131 Å². The number of fused-ring (bicyclic) bond motifs is 3. The van der Waals surface area contributed by atoms with Gasteiger partial charge in [0.25, 0.3) is 0 Å². The van der Waals surface area contributed by atoms with Crippen molar-refractivity contribution in [3.63, 3.8) is 0 Å². The van der Waals surface area contributed by atoms with E-state index < -0.39 is 18.9 Å². The van der Waals surface area contributed by atoms with E-state index in [2.05, 4.69) is 33.6 Å². The molecule has 3 N–H and O–H groups in total. The Morgan fingerprint density at radius 3 is 1.50 bits per heavy atom. The average Bonchev–Trinajstić information content (AvgIpc) is 3.48. The van der Waals surface area contributed by atoms with Gasteiger partial charge in [0, 0.05) is 17.7 Å². The number of ether oxygens (including phenoxy) is 6. The molecule has 212 valence electrons. The maximum absolute atomic E-state index is 12.5. The van der Waals surface area contributed by atoms with Gasteiger partial charge in [0.2, 0.25) is 0 Å². The van der Waals surface area contributed by atoms with E-state index in [1.165, 1.54) is 48.5 Å². The molecule has 0 spiro atoms. The van der Waals surface area contributed by atoms with Crippen LogP contribution in [0, 0.1) is 0 Å². The Morgan fingerprint density at radius 2 is 1.05 bits per heavy atom. The van der Waals surface area contributed by atoms with Gasteiger partial charge in [-0.2, -0.15) is 0 Å². The Morgan fingerprint density at radius 1 is 0.650 bits per heavy atom. The van der Waals surface area contributed by atoms with E-state index in [0.29, 0.717) is 11.8 Å². The van der Waals surface area contributed by atoms with Crippen molar-refractivity contribution in [2.75, 3.05) is 0 Å². The molecule has 10 nitrogen and oxygen atoms in total. The zero-order valence-electron chi connectivity index (χ0n) is 19.7. The van der Waals surface area contributed by atoms with Crippen LogP contribution >= 0.6 is 0 Å². The fourth-order valence-corrected chi connectivity index (χ4v) is 3.27. The SMILES string of the molecule is NCc1ccc2c(c1)OC(F)(F)O2.O/N=C\c1ccc2c(c1)OC(F)(F)O2.O=Cc1ccc2c(c1)OC(F)(F)O2. The highest BCUT2D eigenvalue weighted by Gasteiger charge is 2.45. The second kappa shape index (κ2) is 10.7. The predicted molar refractivity (Wildman–Crippen MR) is 121 cm³/mol. The molecule has 3 aromatic rings. The van der Waals surface area contributed by atoms with Gasteiger partial charge in [-0.1, -0.05) is 11.2 Å². The van der Waals surface area contributed by atoms with E-state index >= 15 is 0 Å². The number of halogens is 6. The summed E-state index contributed by atoms with van der Waals surface area (Å²) in [6.07, 6.45) is -9.14. The molecule has 0 atom stereocenters. The first-order valence-corrected chi connectivity index (χ1v) is 10.8. The molecule has 0 saturated heterocycles. The highest BCUT2D eigenvalue weighted by atomic mass is 19.3. The lowest BCUT2D eigenvalue weighted by molar-refractivity contribution is -0.287. The summed E-state index contributed by atoms with van der Waals surface area (Å²) >= 11 is 0. The van der Waals surface area contributed by atoms with Gasteiger partial charge in [-0.3, -0.25) is 4.79 Å². The van der Waals surface area contributed by atoms with Crippen molar-refractivity contribution in [2.24, 2.45) is 10.9 Å². The van der Waals surface area contributed by atoms with Gasteiger partial charge < -0.3 is 39.4 Å². The minimum absolute atomic E-state index is 0.0351. The number of carbonyl (C=O) groups excluding carboxylic acids is 1. The fraction of sp³-hybridized carbons (Fsp3) is 0.167. The summed E-state index contributed by atoms with van der Waals surface area (Å²) in [4.78, 5) is 10.3. The molecule has 0 bridgehead atoms. The monoisotopic (exact) mass is 574 g/mol. The number of nitrogens with zero attached hydrogens (tertiary/aromatic N) is 1. The van der Waals surface area contributed by atoms with E-state index in [-0.39, 0.29) is 46.6 Å². The number of hydrogen-bond donors (Lipinski definition) is 2. The smallest absolute Gasteiger partial charge is 0.411 e. The summed E-state index contributed by atoms with van der Waals surface area (Å²) in [7, 11) is 0. The maximum atomic E-state index is 12.5. The van der Waals surface area contributed by atoms with Crippen LogP contribution in [0.25, 0.3) is 0 Å². The number of alkyl halides is 6. The number of rotatable bonds is 3. The van der Waals surface area contributed by atoms with Gasteiger partial charge in [-0.15, -0.1) is 26.3 Å². The van der Waals surface area contributed by atoms with Crippen LogP contribution in [-0.2, 0) is 6.54 Å². The molecule has 3 aliphatic rings. The molecule has 0 aliphatic carbocycles. The van der Waals surface area contributed by atoms with Crippen LogP contribution in [-0.4, -0.2) is 36.6 Å². The van der Waals surface area contributed by atoms with Crippen LogP contribution in [0.2, 0.25) is 0 Å². The molecule has 0 fully saturated rings. The summed E-state index contributed by atoms with van der Waals surface area (Å²) < 4.78 is 99.9. The van der Waals surface area contributed by atoms with E-state index in [9.17, 15) is 31.1 Å². The molecule has 3 aromatic carbocycles. The maximum Gasteiger partial charge on any atom is 0.586 e. The third kappa shape index (κ3) is 6.76. The molecule has 3 aliphatic heterocycles. The molecule has 40 heavy (non-hydrogen) atoms. The summed E-state index contributed by atoms with van der Waals surface area (Å²) in [6.45, 7) is 0.280. The lowest BCUT2D eigenvalue weighted by Crippen LogP contribution is -2.25. The zero-order valence-corrected chi connectivity index (χ0v) is 19.7. The molecule has 3 heterocycles. The molecule has 16 heteroatoms. The largest absolute Gasteiger partial charge is 0.586 e. The molecule has 0 radical (unpaired) electrons. The third-order valence-corrected chi connectivity index (χ3v) is 4.89. The van der Waals surface area contributed by atoms with E-state index in [1.807, 2.05) is 0 Å². The summed E-state index contributed by atoms with van der Waals surface area (Å²) in [6, 6.07) is 12.4. The molecular formula is C24H16F6N2O8. The van der Waals surface area contributed by atoms with Crippen molar-refractivity contribution in [3.05, 3.63) is 71.3 Å². The number of nitrogens with two attached hydrogens (primary N) is 1. The van der Waals surface area contributed by atoms with Gasteiger partial charge in [0.05, 0.1) is 6.21 Å². The van der Waals surface area contributed by atoms with Crippen LogP contribution in [0.15, 0.2) is 59.8 Å². The standard InChI is InChI=1S/C8H5F2NO3.C8H7F2NO2.C8H4F2O3/c9-8(10)13-6-2-1-5(4-11-12)3-7(6)14-8;2*9-8(10)12-6-2-1-5(4-11)3-7(6)13-8/h1-4,12H;1-3H,4,11H2;1-4H/b11-4-;;. The van der Waals surface area contributed by atoms with Crippen LogP contribution in [0.1, 0.15) is 21.5 Å². The fourth-order valence-electron chi connectivity index (χ4n) is 3.27. The highest BCUT2D eigenvalue weighted by Crippen LogP contribution is 2.42. The summed E-state index contributed by atoms with van der Waals surface area (Å²) in [5.41, 5.74) is 6.75. The number of hydrogen-bond acceptors (Lipinski definition) is 10. The first-order valence-electron chi connectivity index (χ1n) is 10.8. The zero-order chi connectivity index (χ0) is 29.1. The van der Waals surface area contributed by atoms with E-state index in [4.69, 9.17) is 10.9 Å². The number of benzene rings is 3. The van der Waals surface area contributed by atoms with Crippen LogP contribution in [0.5, 0.6) is 34.5 Å². The Bertz CT molecular complexity index is 1440. The molecular weight excluding hydrogens is 558 g/mol. The second-order valence-electron chi connectivity index (χ2n) is 7.76. The van der Waals surface area contributed by atoms with Crippen molar-refractivity contribution in [1.29, 1.82) is 0 Å². The first kappa shape index (κ1) is 28.2. The first-order chi connectivity index (χ1) is 18.8. The predicted octanol–water partition coefficient (Wildman–Crippen LogP) is 5.10. The molecule has 0 aromatic heterocycles. The quantitative estimate of drug-likeness (QED) is 0.144. The number of carbonyl (C=O) groups is 1. The number of aldehydes is 1. The molecule has 6 rings (SSSR count). The lowest BCUT2D eigenvalue weighted by Gasteiger charge is -2.04. The minimum Gasteiger partial charge on any atom is -0.411 e. The van der Waals surface area contributed by atoms with Crippen molar-refractivity contribution in [3.8, 4) is 34.5 Å². The second-order valence-corrected chi connectivity index (χ2v) is 7.76. The Balaban J connectivity index is 0.000000139. The van der Waals surface area contributed by atoms with Crippen LogP contribution < -0.4 is 34.2 Å². The molecule has 0 amide bonds. The Hall–Kier alpha value is -4.86. The van der Waals surface area contributed by atoms with Crippen LogP contribution in [0.3, 0.4) is 0 Å². The Kier molecular flexibility index (Phi) is 7.55. The van der Waals surface area contributed by atoms with Gasteiger partial charge in [-0.25, -0.2) is 0 Å². The van der Waals surface area contributed by atoms with Gasteiger partial charge >= 0.3 is 18.9 Å². The van der Waals surface area contributed by atoms with Crippen molar-refractivity contribution < 1.29 is 64.8 Å². The van der Waals surface area contributed by atoms with E-state index in [0.717, 1.165) is 11.8 Å². The van der Waals surface area contributed by atoms with Crippen molar-refractivity contribution in [1.82, 2.24) is 0 Å². The summed E-state index contributed by atoms with van der Waals surface area (Å²) in [5.74, 6) is -0.210. The van der Waals surface area contributed by atoms with Gasteiger partial charge in [0.1, 0.15) is 6.29 Å². The molecule has 0 unspecified atom stereocenters. The third-order valence-electron chi connectivity index (χ3n) is 4.89. The van der Waals surface area contributed by atoms with Crippen molar-refractivity contribution >= 4 is 12.5 Å². The average molecular weight is 574 g/mol. The number of oxime groups is 1. The summed E-state index contributed by atoms with van der Waals surface area (Å²) in [5, 5.41) is 11.0. The highest BCUT2D eigenvalue weighted by molar-refractivity contribution is 5.80. The van der Waals surface area contributed by atoms with Gasteiger partial charge in [-0.05, 0) is 54.1 Å². The van der Waals surface area contributed by atoms with Gasteiger partial charge in [0.15, 0.2) is 34.5 Å². The minimum atomic E-state index is -3.62.